The van der Waals surface area contributed by atoms with Crippen molar-refractivity contribution in [1.29, 1.82) is 0 Å². The molecule has 1 fully saturated rings. The molecule has 0 spiro atoms. The fraction of sp³-hybridized carbons (Fsp3) is 0.478. The Labute approximate surface area is 168 Å². The first-order valence-electron chi connectivity index (χ1n) is 10.1. The summed E-state index contributed by atoms with van der Waals surface area (Å²) < 4.78 is 5.43. The van der Waals surface area contributed by atoms with Crippen LogP contribution >= 0.6 is 0 Å². The number of benzene rings is 2. The van der Waals surface area contributed by atoms with Gasteiger partial charge in [0, 0.05) is 45.4 Å². The highest BCUT2D eigenvalue weighted by molar-refractivity contribution is 5.27. The van der Waals surface area contributed by atoms with Gasteiger partial charge in [-0.2, -0.15) is 0 Å². The average Bonchev–Trinajstić information content (AvgIpc) is 2.71. The van der Waals surface area contributed by atoms with Gasteiger partial charge in [-0.1, -0.05) is 36.4 Å². The number of rotatable bonds is 9. The van der Waals surface area contributed by atoms with E-state index in [1.54, 1.807) is 0 Å². The van der Waals surface area contributed by atoms with Crippen LogP contribution in [0.5, 0.6) is 5.75 Å². The van der Waals surface area contributed by atoms with Crippen LogP contribution in [0.15, 0.2) is 48.5 Å². The molecule has 28 heavy (non-hydrogen) atoms. The molecule has 2 aromatic carbocycles. The Kier molecular flexibility index (Phi) is 7.86. The molecule has 5 heteroatoms. The summed E-state index contributed by atoms with van der Waals surface area (Å²) in [6, 6.07) is 17.0. The van der Waals surface area contributed by atoms with Crippen LogP contribution in [0.4, 0.5) is 0 Å². The Bertz CT molecular complexity index is 720. The summed E-state index contributed by atoms with van der Waals surface area (Å²) in [5, 5.41) is 18.4. The number of piperazine rings is 1. The molecule has 0 bridgehead atoms. The Morgan fingerprint density at radius 3 is 2.46 bits per heavy atom. The number of aliphatic hydroxyl groups excluding tert-OH is 2. The smallest absolute Gasteiger partial charge is 0.119 e. The number of aliphatic hydroxyl groups is 2. The number of ether oxygens (including phenoxy) is 1. The quantitative estimate of drug-likeness (QED) is 0.696. The average molecular weight is 385 g/mol. The van der Waals surface area contributed by atoms with Crippen LogP contribution in [0.1, 0.15) is 23.1 Å². The minimum Gasteiger partial charge on any atom is -0.491 e. The van der Waals surface area contributed by atoms with Gasteiger partial charge in [0.25, 0.3) is 0 Å². The molecule has 3 rings (SSSR count). The zero-order valence-corrected chi connectivity index (χ0v) is 16.8. The van der Waals surface area contributed by atoms with Crippen LogP contribution in [0, 0.1) is 6.92 Å². The molecule has 152 valence electrons. The van der Waals surface area contributed by atoms with E-state index in [9.17, 15) is 5.11 Å². The van der Waals surface area contributed by atoms with Gasteiger partial charge < -0.3 is 14.9 Å². The molecular weight excluding hydrogens is 352 g/mol. The van der Waals surface area contributed by atoms with E-state index in [4.69, 9.17) is 9.84 Å². The molecule has 0 radical (unpaired) electrons. The molecule has 1 atom stereocenters. The fourth-order valence-electron chi connectivity index (χ4n) is 3.85. The maximum atomic E-state index is 9.56. The molecular formula is C23H32N2O3. The summed E-state index contributed by atoms with van der Waals surface area (Å²) in [7, 11) is 0. The van der Waals surface area contributed by atoms with E-state index in [2.05, 4.69) is 53.1 Å². The molecule has 1 aliphatic heterocycles. The van der Waals surface area contributed by atoms with Crippen molar-refractivity contribution in [2.45, 2.75) is 32.5 Å². The second-order valence-electron chi connectivity index (χ2n) is 7.51. The van der Waals surface area contributed by atoms with Crippen molar-refractivity contribution in [3.05, 3.63) is 65.2 Å². The lowest BCUT2D eigenvalue weighted by atomic mass is 10.0. The minimum absolute atomic E-state index is 0.0286. The molecule has 2 N–H and O–H groups in total. The van der Waals surface area contributed by atoms with E-state index in [0.29, 0.717) is 12.6 Å². The molecule has 0 saturated carbocycles. The van der Waals surface area contributed by atoms with Crippen LogP contribution in [-0.4, -0.2) is 65.5 Å². The second-order valence-corrected chi connectivity index (χ2v) is 7.51. The first-order valence-corrected chi connectivity index (χ1v) is 10.1. The number of aryl methyl sites for hydroxylation is 1. The topological polar surface area (TPSA) is 56.2 Å². The summed E-state index contributed by atoms with van der Waals surface area (Å²) in [6.45, 7) is 7.59. The van der Waals surface area contributed by atoms with Gasteiger partial charge in [0.2, 0.25) is 0 Å². The maximum absolute atomic E-state index is 9.56. The Morgan fingerprint density at radius 1 is 0.964 bits per heavy atom. The van der Waals surface area contributed by atoms with Crippen LogP contribution in [-0.2, 0) is 13.1 Å². The van der Waals surface area contributed by atoms with Crippen LogP contribution in [0.3, 0.4) is 0 Å². The lowest BCUT2D eigenvalue weighted by Crippen LogP contribution is -2.52. The molecule has 1 saturated heterocycles. The number of hydrogen-bond donors (Lipinski definition) is 2. The van der Waals surface area contributed by atoms with E-state index < -0.39 is 0 Å². The highest BCUT2D eigenvalue weighted by atomic mass is 16.5. The first-order chi connectivity index (χ1) is 13.7. The van der Waals surface area contributed by atoms with E-state index in [0.717, 1.165) is 44.9 Å². The van der Waals surface area contributed by atoms with Gasteiger partial charge in [0.15, 0.2) is 0 Å². The summed E-state index contributed by atoms with van der Waals surface area (Å²) in [4.78, 5) is 4.99. The Morgan fingerprint density at radius 2 is 1.75 bits per heavy atom. The third-order valence-electron chi connectivity index (χ3n) is 5.48. The number of hydrogen-bond acceptors (Lipinski definition) is 5. The highest BCUT2D eigenvalue weighted by Crippen LogP contribution is 2.20. The standard InChI is InChI=1S/C23H32N2O3/c1-19-4-2-3-5-21(19)17-25-12-11-24(18-22(25)10-13-26)16-20-6-8-23(9-7-20)28-15-14-27/h2-9,22,26-27H,10-18H2,1H3/t22-/m1/s1. The van der Waals surface area contributed by atoms with Gasteiger partial charge in [-0.15, -0.1) is 0 Å². The predicted octanol–water partition coefficient (Wildman–Crippen LogP) is 2.43. The van der Waals surface area contributed by atoms with Gasteiger partial charge in [0.1, 0.15) is 12.4 Å². The second kappa shape index (κ2) is 10.6. The normalized spacial score (nSPS) is 18.3. The van der Waals surface area contributed by atoms with Crippen molar-refractivity contribution < 1.29 is 14.9 Å². The highest BCUT2D eigenvalue weighted by Gasteiger charge is 2.26. The number of nitrogens with zero attached hydrogens (tertiary/aromatic N) is 2. The lowest BCUT2D eigenvalue weighted by molar-refractivity contribution is 0.0498. The van der Waals surface area contributed by atoms with E-state index >= 15 is 0 Å². The van der Waals surface area contributed by atoms with Crippen molar-refractivity contribution in [2.75, 3.05) is 39.5 Å². The Hall–Kier alpha value is -1.92. The minimum atomic E-state index is 0.0286. The molecule has 5 nitrogen and oxygen atoms in total. The zero-order valence-electron chi connectivity index (χ0n) is 16.8. The SMILES string of the molecule is Cc1ccccc1CN1CCN(Cc2ccc(OCCO)cc2)C[C@H]1CCO. The van der Waals surface area contributed by atoms with Gasteiger partial charge in [-0.05, 0) is 42.2 Å². The Balaban J connectivity index is 1.58. The van der Waals surface area contributed by atoms with Crippen molar-refractivity contribution in [3.8, 4) is 5.75 Å². The van der Waals surface area contributed by atoms with Crippen LogP contribution in [0.25, 0.3) is 0 Å². The zero-order chi connectivity index (χ0) is 19.8. The summed E-state index contributed by atoms with van der Waals surface area (Å²) in [5.41, 5.74) is 3.96. The van der Waals surface area contributed by atoms with E-state index in [-0.39, 0.29) is 13.2 Å². The molecule has 0 aliphatic carbocycles. The predicted molar refractivity (Wildman–Crippen MR) is 111 cm³/mol. The van der Waals surface area contributed by atoms with E-state index in [1.807, 2.05) is 12.1 Å². The third kappa shape index (κ3) is 5.79. The summed E-state index contributed by atoms with van der Waals surface area (Å²) in [6.07, 6.45) is 0.802. The van der Waals surface area contributed by atoms with Gasteiger partial charge in [-0.25, -0.2) is 0 Å². The lowest BCUT2D eigenvalue weighted by Gasteiger charge is -2.41. The molecule has 2 aromatic rings. The molecule has 1 heterocycles. The largest absolute Gasteiger partial charge is 0.491 e. The first kappa shape index (κ1) is 20.8. The van der Waals surface area contributed by atoms with Crippen molar-refractivity contribution in [1.82, 2.24) is 9.80 Å². The summed E-state index contributed by atoms with van der Waals surface area (Å²) in [5.74, 6) is 0.791. The van der Waals surface area contributed by atoms with Crippen molar-refractivity contribution in [2.24, 2.45) is 0 Å². The van der Waals surface area contributed by atoms with Gasteiger partial charge in [0.05, 0.1) is 6.61 Å². The molecule has 0 aromatic heterocycles. The monoisotopic (exact) mass is 384 g/mol. The van der Waals surface area contributed by atoms with E-state index in [1.165, 1.54) is 16.7 Å². The third-order valence-corrected chi connectivity index (χ3v) is 5.48. The van der Waals surface area contributed by atoms with Crippen LogP contribution < -0.4 is 4.74 Å². The summed E-state index contributed by atoms with van der Waals surface area (Å²) >= 11 is 0. The maximum Gasteiger partial charge on any atom is 0.119 e. The van der Waals surface area contributed by atoms with Crippen molar-refractivity contribution in [3.63, 3.8) is 0 Å². The van der Waals surface area contributed by atoms with Gasteiger partial charge >= 0.3 is 0 Å². The van der Waals surface area contributed by atoms with Crippen LogP contribution in [0.2, 0.25) is 0 Å². The molecule has 0 amide bonds. The molecule has 1 aliphatic rings. The molecule has 0 unspecified atom stereocenters. The van der Waals surface area contributed by atoms with Crippen molar-refractivity contribution >= 4 is 0 Å². The fourth-order valence-corrected chi connectivity index (χ4v) is 3.85. The van der Waals surface area contributed by atoms with Gasteiger partial charge in [-0.3, -0.25) is 9.80 Å².